The molecule has 0 aliphatic heterocycles. The Morgan fingerprint density at radius 3 is 2.75 bits per heavy atom. The van der Waals surface area contributed by atoms with Gasteiger partial charge in [0.2, 0.25) is 0 Å². The summed E-state index contributed by atoms with van der Waals surface area (Å²) in [6, 6.07) is 5.31. The van der Waals surface area contributed by atoms with E-state index in [2.05, 4.69) is 21.2 Å². The molecule has 0 bridgehead atoms. The first-order valence-corrected chi connectivity index (χ1v) is 7.61. The van der Waals surface area contributed by atoms with Crippen molar-refractivity contribution in [1.82, 2.24) is 5.32 Å². The van der Waals surface area contributed by atoms with Gasteiger partial charge in [0, 0.05) is 11.6 Å². The van der Waals surface area contributed by atoms with Crippen LogP contribution in [0.4, 0.5) is 0 Å². The normalized spacial score (nSPS) is 16.7. The zero-order valence-corrected chi connectivity index (χ0v) is 13.0. The highest BCUT2D eigenvalue weighted by Crippen LogP contribution is 2.26. The summed E-state index contributed by atoms with van der Waals surface area (Å²) >= 11 is 3.34. The van der Waals surface area contributed by atoms with E-state index in [-0.39, 0.29) is 11.9 Å². The summed E-state index contributed by atoms with van der Waals surface area (Å²) in [5.74, 6) is 0.466. The predicted molar refractivity (Wildman–Crippen MR) is 80.0 cm³/mol. The van der Waals surface area contributed by atoms with Gasteiger partial charge < -0.3 is 10.1 Å². The lowest BCUT2D eigenvalue weighted by Gasteiger charge is -2.18. The minimum Gasteiger partial charge on any atom is -0.480 e. The molecule has 1 aromatic rings. The highest BCUT2D eigenvalue weighted by Gasteiger charge is 2.22. The topological polar surface area (TPSA) is 55.4 Å². The summed E-state index contributed by atoms with van der Waals surface area (Å²) in [7, 11) is 0. The average molecular weight is 340 g/mol. The summed E-state index contributed by atoms with van der Waals surface area (Å²) in [4.78, 5) is 22.7. The molecule has 1 fully saturated rings. The van der Waals surface area contributed by atoms with Crippen LogP contribution in [-0.4, -0.2) is 24.3 Å². The Morgan fingerprint density at radius 2 is 2.15 bits per heavy atom. The van der Waals surface area contributed by atoms with Gasteiger partial charge in [0.05, 0.1) is 4.47 Å². The Bertz CT molecular complexity index is 498. The van der Waals surface area contributed by atoms with E-state index in [1.165, 1.54) is 12.8 Å². The number of halogens is 1. The van der Waals surface area contributed by atoms with Crippen LogP contribution in [0.5, 0.6) is 5.75 Å². The lowest BCUT2D eigenvalue weighted by Crippen LogP contribution is -2.41. The number of hydrogen-bond acceptors (Lipinski definition) is 3. The lowest BCUT2D eigenvalue weighted by molar-refractivity contribution is -0.128. The fraction of sp³-hybridized carbons (Fsp3) is 0.467. The maximum absolute atomic E-state index is 12.0. The standard InChI is InChI=1S/C15H18BrNO3/c1-10(15(19)17-12-4-2-3-5-12)20-14-7-6-11(9-18)8-13(14)16/h6-10,12H,2-5H2,1H3,(H,17,19). The Kier molecular flexibility index (Phi) is 5.17. The van der Waals surface area contributed by atoms with Crippen molar-refractivity contribution in [2.75, 3.05) is 0 Å². The second-order valence-corrected chi connectivity index (χ2v) is 5.91. The third-order valence-corrected chi connectivity index (χ3v) is 4.09. The van der Waals surface area contributed by atoms with Crippen molar-refractivity contribution in [3.63, 3.8) is 0 Å². The van der Waals surface area contributed by atoms with Crippen LogP contribution in [0, 0.1) is 0 Å². The maximum Gasteiger partial charge on any atom is 0.260 e. The third kappa shape index (κ3) is 3.82. The molecular formula is C15H18BrNO3. The van der Waals surface area contributed by atoms with Gasteiger partial charge in [-0.1, -0.05) is 12.8 Å². The van der Waals surface area contributed by atoms with E-state index in [0.717, 1.165) is 19.1 Å². The van der Waals surface area contributed by atoms with Crippen LogP contribution in [0.15, 0.2) is 22.7 Å². The van der Waals surface area contributed by atoms with E-state index in [4.69, 9.17) is 4.74 Å². The number of benzene rings is 1. The van der Waals surface area contributed by atoms with E-state index < -0.39 is 6.10 Å². The zero-order valence-electron chi connectivity index (χ0n) is 11.4. The molecule has 1 N–H and O–H groups in total. The van der Waals surface area contributed by atoms with Gasteiger partial charge in [-0.15, -0.1) is 0 Å². The lowest BCUT2D eigenvalue weighted by atomic mass is 10.2. The molecule has 20 heavy (non-hydrogen) atoms. The molecule has 1 aromatic carbocycles. The summed E-state index contributed by atoms with van der Waals surface area (Å²) in [6.07, 6.45) is 4.67. The van der Waals surface area contributed by atoms with E-state index in [1.807, 2.05) is 0 Å². The second kappa shape index (κ2) is 6.88. The maximum atomic E-state index is 12.0. The average Bonchev–Trinajstić information content (AvgIpc) is 2.93. The van der Waals surface area contributed by atoms with Crippen LogP contribution < -0.4 is 10.1 Å². The van der Waals surface area contributed by atoms with Gasteiger partial charge in [0.1, 0.15) is 12.0 Å². The van der Waals surface area contributed by atoms with E-state index in [9.17, 15) is 9.59 Å². The highest BCUT2D eigenvalue weighted by molar-refractivity contribution is 9.10. The van der Waals surface area contributed by atoms with Gasteiger partial charge in [-0.2, -0.15) is 0 Å². The minimum atomic E-state index is -0.561. The number of carbonyl (C=O) groups excluding carboxylic acids is 2. The molecular weight excluding hydrogens is 322 g/mol. The van der Waals surface area contributed by atoms with Crippen LogP contribution in [0.1, 0.15) is 43.0 Å². The summed E-state index contributed by atoms with van der Waals surface area (Å²) in [5, 5.41) is 3.01. The van der Waals surface area contributed by atoms with Crippen molar-refractivity contribution in [3.05, 3.63) is 28.2 Å². The van der Waals surface area contributed by atoms with Crippen molar-refractivity contribution in [2.45, 2.75) is 44.8 Å². The highest BCUT2D eigenvalue weighted by atomic mass is 79.9. The molecule has 1 unspecified atom stereocenters. The monoisotopic (exact) mass is 339 g/mol. The van der Waals surface area contributed by atoms with Crippen LogP contribution in [0.2, 0.25) is 0 Å². The second-order valence-electron chi connectivity index (χ2n) is 5.06. The number of carbonyl (C=O) groups is 2. The molecule has 2 rings (SSSR count). The molecule has 5 heteroatoms. The number of nitrogens with one attached hydrogen (secondary N) is 1. The molecule has 0 radical (unpaired) electrons. The van der Waals surface area contributed by atoms with Crippen LogP contribution in [0.3, 0.4) is 0 Å². The van der Waals surface area contributed by atoms with Gasteiger partial charge >= 0.3 is 0 Å². The Morgan fingerprint density at radius 1 is 1.45 bits per heavy atom. The molecule has 0 heterocycles. The quantitative estimate of drug-likeness (QED) is 0.838. The van der Waals surface area contributed by atoms with Crippen molar-refractivity contribution >= 4 is 28.1 Å². The van der Waals surface area contributed by atoms with Crippen LogP contribution in [-0.2, 0) is 4.79 Å². The molecule has 4 nitrogen and oxygen atoms in total. The largest absolute Gasteiger partial charge is 0.480 e. The summed E-state index contributed by atoms with van der Waals surface area (Å²) in [6.45, 7) is 1.73. The molecule has 0 saturated heterocycles. The Labute approximate surface area is 127 Å². The van der Waals surface area contributed by atoms with E-state index in [1.54, 1.807) is 25.1 Å². The fourth-order valence-electron chi connectivity index (χ4n) is 2.32. The summed E-state index contributed by atoms with van der Waals surface area (Å²) in [5.41, 5.74) is 0.562. The summed E-state index contributed by atoms with van der Waals surface area (Å²) < 4.78 is 6.31. The number of ether oxygens (including phenoxy) is 1. The SMILES string of the molecule is CC(Oc1ccc(C=O)cc1Br)C(=O)NC1CCCC1. The number of rotatable bonds is 5. The molecule has 1 aliphatic rings. The van der Waals surface area contributed by atoms with E-state index in [0.29, 0.717) is 15.8 Å². The zero-order chi connectivity index (χ0) is 14.5. The first kappa shape index (κ1) is 15.0. The molecule has 1 aliphatic carbocycles. The molecule has 0 aromatic heterocycles. The van der Waals surface area contributed by atoms with Gasteiger partial charge in [-0.05, 0) is 53.9 Å². The Hall–Kier alpha value is -1.36. The molecule has 108 valence electrons. The van der Waals surface area contributed by atoms with Crippen LogP contribution >= 0.6 is 15.9 Å². The molecule has 1 saturated carbocycles. The van der Waals surface area contributed by atoms with Crippen LogP contribution in [0.25, 0.3) is 0 Å². The fourth-order valence-corrected chi connectivity index (χ4v) is 2.81. The Balaban J connectivity index is 1.94. The molecule has 1 amide bonds. The predicted octanol–water partition coefficient (Wildman–Crippen LogP) is 3.09. The van der Waals surface area contributed by atoms with Gasteiger partial charge in [0.25, 0.3) is 5.91 Å². The minimum absolute atomic E-state index is 0.0942. The number of hydrogen-bond donors (Lipinski definition) is 1. The van der Waals surface area contributed by atoms with Gasteiger partial charge in [-0.25, -0.2) is 0 Å². The van der Waals surface area contributed by atoms with Gasteiger partial charge in [-0.3, -0.25) is 9.59 Å². The molecule has 0 spiro atoms. The number of aldehydes is 1. The third-order valence-electron chi connectivity index (χ3n) is 3.47. The smallest absolute Gasteiger partial charge is 0.260 e. The first-order valence-electron chi connectivity index (χ1n) is 6.82. The van der Waals surface area contributed by atoms with Crippen molar-refractivity contribution in [3.8, 4) is 5.75 Å². The van der Waals surface area contributed by atoms with Crippen molar-refractivity contribution in [2.24, 2.45) is 0 Å². The van der Waals surface area contributed by atoms with Gasteiger partial charge in [0.15, 0.2) is 6.10 Å². The first-order chi connectivity index (χ1) is 9.60. The van der Waals surface area contributed by atoms with Crippen molar-refractivity contribution < 1.29 is 14.3 Å². The van der Waals surface area contributed by atoms with Crippen molar-refractivity contribution in [1.29, 1.82) is 0 Å². The van der Waals surface area contributed by atoms with E-state index >= 15 is 0 Å². The molecule has 1 atom stereocenters. The number of amides is 1.